The van der Waals surface area contributed by atoms with Crippen LogP contribution < -0.4 is 21.7 Å². The summed E-state index contributed by atoms with van der Waals surface area (Å²) in [4.78, 5) is 0. The third-order valence-corrected chi connectivity index (χ3v) is 2.83. The van der Waals surface area contributed by atoms with Gasteiger partial charge in [-0.15, -0.1) is 0 Å². The average Bonchev–Trinajstić information content (AvgIpc) is 2.29. The highest BCUT2D eigenvalue weighted by molar-refractivity contribution is 5.29. The molecule has 1 rings (SSSR count). The monoisotopic (exact) mass is 331 g/mol. The van der Waals surface area contributed by atoms with Crippen molar-refractivity contribution in [1.29, 1.82) is 0 Å². The van der Waals surface area contributed by atoms with Gasteiger partial charge in [0.25, 0.3) is 0 Å². The SMILES string of the molecule is C[N+](C)(C)CCCCCCOc1ccc(O)cc1.[Br-]. The smallest absolute Gasteiger partial charge is 0.119 e. The molecule has 0 saturated heterocycles. The Hall–Kier alpha value is -0.740. The van der Waals surface area contributed by atoms with Crippen LogP contribution in [0, 0.1) is 0 Å². The Kier molecular flexibility index (Phi) is 8.85. The highest BCUT2D eigenvalue weighted by Gasteiger charge is 2.05. The third kappa shape index (κ3) is 9.79. The van der Waals surface area contributed by atoms with Crippen LogP contribution in [0.15, 0.2) is 24.3 Å². The van der Waals surface area contributed by atoms with Gasteiger partial charge in [-0.05, 0) is 49.9 Å². The minimum Gasteiger partial charge on any atom is -1.00 e. The quantitative estimate of drug-likeness (QED) is 0.538. The number of unbranched alkanes of at least 4 members (excludes halogenated alkanes) is 3. The van der Waals surface area contributed by atoms with Gasteiger partial charge in [0.2, 0.25) is 0 Å². The summed E-state index contributed by atoms with van der Waals surface area (Å²) >= 11 is 0. The molecule has 0 aliphatic rings. The predicted molar refractivity (Wildman–Crippen MR) is 75.0 cm³/mol. The van der Waals surface area contributed by atoms with Crippen molar-refractivity contribution in [2.24, 2.45) is 0 Å². The lowest BCUT2D eigenvalue weighted by Gasteiger charge is -2.23. The van der Waals surface area contributed by atoms with E-state index < -0.39 is 0 Å². The Morgan fingerprint density at radius 1 is 0.947 bits per heavy atom. The largest absolute Gasteiger partial charge is 1.00 e. The van der Waals surface area contributed by atoms with E-state index in [1.807, 2.05) is 0 Å². The first-order chi connectivity index (χ1) is 8.47. The number of ether oxygens (including phenoxy) is 1. The summed E-state index contributed by atoms with van der Waals surface area (Å²) in [5, 5.41) is 9.13. The van der Waals surface area contributed by atoms with Crippen molar-refractivity contribution in [2.75, 3.05) is 34.3 Å². The van der Waals surface area contributed by atoms with Gasteiger partial charge in [-0.1, -0.05) is 0 Å². The molecule has 0 aliphatic heterocycles. The lowest BCUT2D eigenvalue weighted by Crippen LogP contribution is -3.00. The number of phenols is 1. The zero-order chi connectivity index (χ0) is 13.4. The summed E-state index contributed by atoms with van der Waals surface area (Å²) in [6.45, 7) is 1.99. The van der Waals surface area contributed by atoms with Crippen LogP contribution in [0.3, 0.4) is 0 Å². The number of phenolic OH excluding ortho intramolecular Hbond substituents is 1. The number of hydrogen-bond donors (Lipinski definition) is 1. The van der Waals surface area contributed by atoms with Gasteiger partial charge < -0.3 is 31.3 Å². The van der Waals surface area contributed by atoms with Crippen LogP contribution in [-0.4, -0.2) is 43.9 Å². The molecule has 0 fully saturated rings. The van der Waals surface area contributed by atoms with E-state index in [-0.39, 0.29) is 22.7 Å². The molecule has 0 atom stereocenters. The van der Waals surface area contributed by atoms with E-state index in [1.165, 1.54) is 25.8 Å². The number of hydrogen-bond acceptors (Lipinski definition) is 2. The van der Waals surface area contributed by atoms with Gasteiger partial charge in [0.15, 0.2) is 0 Å². The minimum atomic E-state index is 0. The molecule has 4 heteroatoms. The number of quaternary nitrogens is 1. The summed E-state index contributed by atoms with van der Waals surface area (Å²) < 4.78 is 6.64. The molecule has 0 amide bonds. The average molecular weight is 332 g/mol. The summed E-state index contributed by atoms with van der Waals surface area (Å²) in [6, 6.07) is 6.89. The van der Waals surface area contributed by atoms with Crippen molar-refractivity contribution in [2.45, 2.75) is 25.7 Å². The molecule has 0 spiro atoms. The Morgan fingerprint density at radius 3 is 2.11 bits per heavy atom. The molecule has 0 aromatic heterocycles. The molecule has 19 heavy (non-hydrogen) atoms. The topological polar surface area (TPSA) is 29.5 Å². The first-order valence-electron chi connectivity index (χ1n) is 6.70. The number of aromatic hydroxyl groups is 1. The lowest BCUT2D eigenvalue weighted by molar-refractivity contribution is -0.870. The molecule has 3 nitrogen and oxygen atoms in total. The van der Waals surface area contributed by atoms with Gasteiger partial charge in [-0.25, -0.2) is 0 Å². The Labute approximate surface area is 127 Å². The highest BCUT2D eigenvalue weighted by Crippen LogP contribution is 2.16. The Balaban J connectivity index is 0.00000324. The molecular formula is C15H26BrNO2. The lowest BCUT2D eigenvalue weighted by atomic mass is 10.2. The number of nitrogens with zero attached hydrogens (tertiary/aromatic N) is 1. The molecule has 0 saturated carbocycles. The second-order valence-electron chi connectivity index (χ2n) is 5.77. The maximum atomic E-state index is 9.13. The van der Waals surface area contributed by atoms with E-state index in [2.05, 4.69) is 21.1 Å². The maximum absolute atomic E-state index is 9.13. The standard InChI is InChI=1S/C15H25NO2.BrH/c1-16(2,3)12-6-4-5-7-13-18-15-10-8-14(17)9-11-15;/h8-11H,4-7,12-13H2,1-3H3;1H. The van der Waals surface area contributed by atoms with Crippen LogP contribution in [0.4, 0.5) is 0 Å². The Morgan fingerprint density at radius 2 is 1.53 bits per heavy atom. The van der Waals surface area contributed by atoms with Crippen LogP contribution in [0.1, 0.15) is 25.7 Å². The number of halogens is 1. The minimum absolute atomic E-state index is 0. The molecule has 0 heterocycles. The van der Waals surface area contributed by atoms with E-state index in [0.717, 1.165) is 23.3 Å². The molecule has 0 bridgehead atoms. The fraction of sp³-hybridized carbons (Fsp3) is 0.600. The van der Waals surface area contributed by atoms with Crippen molar-refractivity contribution >= 4 is 0 Å². The van der Waals surface area contributed by atoms with Gasteiger partial charge in [-0.2, -0.15) is 0 Å². The van der Waals surface area contributed by atoms with E-state index in [9.17, 15) is 0 Å². The molecule has 1 aromatic rings. The van der Waals surface area contributed by atoms with Crippen molar-refractivity contribution in [3.8, 4) is 11.5 Å². The van der Waals surface area contributed by atoms with Gasteiger partial charge in [-0.3, -0.25) is 0 Å². The summed E-state index contributed by atoms with van der Waals surface area (Å²) in [7, 11) is 6.69. The second-order valence-corrected chi connectivity index (χ2v) is 5.77. The first-order valence-corrected chi connectivity index (χ1v) is 6.70. The fourth-order valence-electron chi connectivity index (χ4n) is 1.77. The van der Waals surface area contributed by atoms with Gasteiger partial charge in [0.1, 0.15) is 11.5 Å². The number of benzene rings is 1. The van der Waals surface area contributed by atoms with Gasteiger partial charge in [0, 0.05) is 0 Å². The zero-order valence-electron chi connectivity index (χ0n) is 12.2. The Bertz CT molecular complexity index is 333. The summed E-state index contributed by atoms with van der Waals surface area (Å²) in [6.07, 6.45) is 4.87. The van der Waals surface area contributed by atoms with E-state index >= 15 is 0 Å². The molecule has 1 aromatic carbocycles. The highest BCUT2D eigenvalue weighted by atomic mass is 79.9. The summed E-state index contributed by atoms with van der Waals surface area (Å²) in [5.41, 5.74) is 0. The molecular weight excluding hydrogens is 306 g/mol. The summed E-state index contributed by atoms with van der Waals surface area (Å²) in [5.74, 6) is 1.11. The first kappa shape index (κ1) is 18.3. The normalized spacial score (nSPS) is 10.9. The van der Waals surface area contributed by atoms with Crippen molar-refractivity contribution < 1.29 is 31.3 Å². The third-order valence-electron chi connectivity index (χ3n) is 2.83. The number of rotatable bonds is 8. The van der Waals surface area contributed by atoms with E-state index in [0.29, 0.717) is 0 Å². The predicted octanol–water partition coefficient (Wildman–Crippen LogP) is 0.0416. The van der Waals surface area contributed by atoms with Crippen molar-refractivity contribution in [3.63, 3.8) is 0 Å². The molecule has 0 unspecified atom stereocenters. The van der Waals surface area contributed by atoms with Gasteiger partial charge in [0.05, 0.1) is 34.3 Å². The van der Waals surface area contributed by atoms with E-state index in [4.69, 9.17) is 9.84 Å². The fourth-order valence-corrected chi connectivity index (χ4v) is 1.77. The van der Waals surface area contributed by atoms with Crippen LogP contribution >= 0.6 is 0 Å². The molecule has 0 aliphatic carbocycles. The van der Waals surface area contributed by atoms with Crippen LogP contribution in [0.5, 0.6) is 11.5 Å². The van der Waals surface area contributed by atoms with Crippen molar-refractivity contribution in [3.05, 3.63) is 24.3 Å². The molecule has 110 valence electrons. The van der Waals surface area contributed by atoms with E-state index in [1.54, 1.807) is 24.3 Å². The molecule has 1 N–H and O–H groups in total. The second kappa shape index (κ2) is 9.21. The van der Waals surface area contributed by atoms with Gasteiger partial charge >= 0.3 is 0 Å². The van der Waals surface area contributed by atoms with Crippen LogP contribution in [-0.2, 0) is 0 Å². The van der Waals surface area contributed by atoms with Crippen LogP contribution in [0.2, 0.25) is 0 Å². The zero-order valence-corrected chi connectivity index (χ0v) is 13.8. The molecule has 0 radical (unpaired) electrons. The van der Waals surface area contributed by atoms with Crippen molar-refractivity contribution in [1.82, 2.24) is 0 Å². The maximum Gasteiger partial charge on any atom is 0.119 e. The van der Waals surface area contributed by atoms with Crippen LogP contribution in [0.25, 0.3) is 0 Å².